The first kappa shape index (κ1) is 27.7. The van der Waals surface area contributed by atoms with Gasteiger partial charge in [0.25, 0.3) is 5.91 Å². The molecule has 2 aromatic heterocycles. The van der Waals surface area contributed by atoms with Crippen molar-refractivity contribution in [3.05, 3.63) is 47.7 Å². The maximum Gasteiger partial charge on any atom is 0.250 e. The van der Waals surface area contributed by atoms with Gasteiger partial charge in [-0.1, -0.05) is 38.3 Å². The zero-order valence-electron chi connectivity index (χ0n) is 22.4. The molecule has 4 rings (SSSR count). The van der Waals surface area contributed by atoms with Gasteiger partial charge in [0.1, 0.15) is 5.75 Å². The SMILES string of the molecule is COc1ccc(-c2nc(-c3ccncc3)nn2CCN(C(=O)C(N)(C(C)=O)C(C)C)C2CCCC2)cc1Cl. The molecule has 3 aromatic rings. The number of Topliss-reactive ketones (excluding diaryl/α,β-unsaturated/α-hetero) is 1. The Kier molecular flexibility index (Phi) is 8.47. The Hall–Kier alpha value is -3.30. The Balaban J connectivity index is 1.71. The van der Waals surface area contributed by atoms with E-state index >= 15 is 0 Å². The number of carbonyl (C=O) groups excluding carboxylic acids is 2. The van der Waals surface area contributed by atoms with Gasteiger partial charge in [0.15, 0.2) is 23.0 Å². The van der Waals surface area contributed by atoms with E-state index in [1.165, 1.54) is 6.92 Å². The number of hydrogen-bond acceptors (Lipinski definition) is 7. The van der Waals surface area contributed by atoms with E-state index < -0.39 is 5.54 Å². The molecule has 0 bridgehead atoms. The van der Waals surface area contributed by atoms with Crippen molar-refractivity contribution in [2.75, 3.05) is 13.7 Å². The zero-order valence-corrected chi connectivity index (χ0v) is 23.1. The second kappa shape index (κ2) is 11.6. The minimum Gasteiger partial charge on any atom is -0.495 e. The summed E-state index contributed by atoms with van der Waals surface area (Å²) in [5.74, 6) is 0.719. The number of aromatic nitrogens is 4. The van der Waals surface area contributed by atoms with Crippen molar-refractivity contribution in [2.24, 2.45) is 11.7 Å². The van der Waals surface area contributed by atoms with Crippen molar-refractivity contribution >= 4 is 23.3 Å². The maximum absolute atomic E-state index is 13.8. The van der Waals surface area contributed by atoms with E-state index in [-0.39, 0.29) is 23.7 Å². The Bertz CT molecular complexity index is 1290. The lowest BCUT2D eigenvalue weighted by atomic mass is 9.82. The van der Waals surface area contributed by atoms with Gasteiger partial charge in [-0.05, 0) is 56.0 Å². The van der Waals surface area contributed by atoms with Gasteiger partial charge < -0.3 is 15.4 Å². The molecule has 0 radical (unpaired) electrons. The zero-order chi connectivity index (χ0) is 27.4. The van der Waals surface area contributed by atoms with Crippen molar-refractivity contribution in [1.29, 1.82) is 0 Å². The predicted molar refractivity (Wildman–Crippen MR) is 147 cm³/mol. The van der Waals surface area contributed by atoms with Crippen LogP contribution in [0.5, 0.6) is 5.75 Å². The standard InChI is InChI=1S/C28H35ClN6O3/c1-18(2)28(30,19(3)36)27(37)34(22-7-5-6-8-22)15-16-35-26(21-9-10-24(38-4)23(29)17-21)32-25(33-35)20-11-13-31-14-12-20/h9-14,17-18,22H,5-8,15-16,30H2,1-4H3. The third-order valence-corrected chi connectivity index (χ3v) is 7.74. The van der Waals surface area contributed by atoms with Crippen molar-refractivity contribution in [3.8, 4) is 28.5 Å². The van der Waals surface area contributed by atoms with Crippen LogP contribution in [0.1, 0.15) is 46.5 Å². The number of rotatable bonds is 10. The van der Waals surface area contributed by atoms with Crippen molar-refractivity contribution in [1.82, 2.24) is 24.6 Å². The first-order valence-corrected chi connectivity index (χ1v) is 13.3. The number of amides is 1. The summed E-state index contributed by atoms with van der Waals surface area (Å²) in [7, 11) is 1.56. The second-order valence-electron chi connectivity index (χ2n) is 10.1. The fourth-order valence-corrected chi connectivity index (χ4v) is 5.31. The summed E-state index contributed by atoms with van der Waals surface area (Å²) in [5.41, 5.74) is 6.52. The van der Waals surface area contributed by atoms with Crippen LogP contribution in [0, 0.1) is 5.92 Å². The first-order valence-electron chi connectivity index (χ1n) is 13.0. The summed E-state index contributed by atoms with van der Waals surface area (Å²) in [5, 5.41) is 5.24. The van der Waals surface area contributed by atoms with Crippen LogP contribution in [0.2, 0.25) is 5.02 Å². The molecule has 1 saturated carbocycles. The molecular formula is C28H35ClN6O3. The molecule has 1 aliphatic rings. The van der Waals surface area contributed by atoms with Crippen LogP contribution in [0.25, 0.3) is 22.8 Å². The summed E-state index contributed by atoms with van der Waals surface area (Å²) in [6.45, 7) is 5.74. The van der Waals surface area contributed by atoms with Crippen LogP contribution in [0.3, 0.4) is 0 Å². The lowest BCUT2D eigenvalue weighted by molar-refractivity contribution is -0.146. The molecule has 10 heteroatoms. The molecule has 2 heterocycles. The molecule has 1 atom stereocenters. The van der Waals surface area contributed by atoms with Gasteiger partial charge in [0.2, 0.25) is 0 Å². The number of ether oxygens (including phenoxy) is 1. The van der Waals surface area contributed by atoms with Gasteiger partial charge in [0, 0.05) is 36.1 Å². The molecule has 9 nitrogen and oxygen atoms in total. The van der Waals surface area contributed by atoms with Crippen LogP contribution < -0.4 is 10.5 Å². The average Bonchev–Trinajstić information content (AvgIpc) is 3.59. The Morgan fingerprint density at radius 2 is 1.87 bits per heavy atom. The number of nitrogens with zero attached hydrogens (tertiary/aromatic N) is 5. The van der Waals surface area contributed by atoms with Gasteiger partial charge in [-0.15, -0.1) is 0 Å². The van der Waals surface area contributed by atoms with Gasteiger partial charge in [-0.3, -0.25) is 14.6 Å². The molecule has 0 aliphatic heterocycles. The second-order valence-corrected chi connectivity index (χ2v) is 10.5. The highest BCUT2D eigenvalue weighted by molar-refractivity contribution is 6.32. The van der Waals surface area contributed by atoms with Gasteiger partial charge in [0.05, 0.1) is 18.7 Å². The van der Waals surface area contributed by atoms with E-state index in [2.05, 4.69) is 4.98 Å². The van der Waals surface area contributed by atoms with E-state index in [0.717, 1.165) is 36.8 Å². The summed E-state index contributed by atoms with van der Waals surface area (Å²) in [6, 6.07) is 9.17. The summed E-state index contributed by atoms with van der Waals surface area (Å²) < 4.78 is 7.09. The predicted octanol–water partition coefficient (Wildman–Crippen LogP) is 4.38. The summed E-state index contributed by atoms with van der Waals surface area (Å²) in [4.78, 5) is 37.1. The molecule has 202 valence electrons. The number of benzene rings is 1. The van der Waals surface area contributed by atoms with Crippen molar-refractivity contribution < 1.29 is 14.3 Å². The van der Waals surface area contributed by atoms with Crippen LogP contribution >= 0.6 is 11.6 Å². The lowest BCUT2D eigenvalue weighted by Gasteiger charge is -2.38. The first-order chi connectivity index (χ1) is 18.2. The molecular weight excluding hydrogens is 504 g/mol. The molecule has 1 aromatic carbocycles. The molecule has 1 aliphatic carbocycles. The van der Waals surface area contributed by atoms with E-state index in [1.54, 1.807) is 41.2 Å². The Morgan fingerprint density at radius 1 is 1.18 bits per heavy atom. The third-order valence-electron chi connectivity index (χ3n) is 7.45. The van der Waals surface area contributed by atoms with E-state index in [1.807, 2.05) is 32.0 Å². The third kappa shape index (κ3) is 5.44. The monoisotopic (exact) mass is 538 g/mol. The summed E-state index contributed by atoms with van der Waals surface area (Å²) >= 11 is 6.43. The minimum atomic E-state index is -1.57. The highest BCUT2D eigenvalue weighted by Crippen LogP contribution is 2.32. The summed E-state index contributed by atoms with van der Waals surface area (Å²) in [6.07, 6.45) is 7.23. The Labute approximate surface area is 228 Å². The quantitative estimate of drug-likeness (QED) is 0.381. The Morgan fingerprint density at radius 3 is 2.45 bits per heavy atom. The van der Waals surface area contributed by atoms with E-state index in [0.29, 0.717) is 35.5 Å². The van der Waals surface area contributed by atoms with E-state index in [9.17, 15) is 9.59 Å². The van der Waals surface area contributed by atoms with Crippen LogP contribution in [-0.2, 0) is 16.1 Å². The number of methoxy groups -OCH3 is 1. The smallest absolute Gasteiger partial charge is 0.250 e. The molecule has 0 spiro atoms. The number of pyridine rings is 1. The molecule has 38 heavy (non-hydrogen) atoms. The number of nitrogens with two attached hydrogens (primary N) is 1. The van der Waals surface area contributed by atoms with Gasteiger partial charge in [-0.2, -0.15) is 5.10 Å². The number of hydrogen-bond donors (Lipinski definition) is 1. The lowest BCUT2D eigenvalue weighted by Crippen LogP contribution is -2.64. The number of ketones is 1. The normalized spacial score (nSPS) is 15.4. The molecule has 1 amide bonds. The van der Waals surface area contributed by atoms with Crippen LogP contribution in [0.4, 0.5) is 0 Å². The fraction of sp³-hybridized carbons (Fsp3) is 0.464. The molecule has 1 fully saturated rings. The number of halogens is 1. The van der Waals surface area contributed by atoms with Crippen molar-refractivity contribution in [2.45, 2.75) is 64.6 Å². The van der Waals surface area contributed by atoms with Crippen molar-refractivity contribution in [3.63, 3.8) is 0 Å². The maximum atomic E-state index is 13.8. The number of carbonyl (C=O) groups is 2. The van der Waals surface area contributed by atoms with Gasteiger partial charge in [-0.25, -0.2) is 9.67 Å². The van der Waals surface area contributed by atoms with Gasteiger partial charge >= 0.3 is 0 Å². The minimum absolute atomic E-state index is 0.0330. The largest absolute Gasteiger partial charge is 0.495 e. The molecule has 0 saturated heterocycles. The highest BCUT2D eigenvalue weighted by Gasteiger charge is 2.46. The van der Waals surface area contributed by atoms with E-state index in [4.69, 9.17) is 32.2 Å². The molecule has 1 unspecified atom stereocenters. The topological polar surface area (TPSA) is 116 Å². The highest BCUT2D eigenvalue weighted by atomic mass is 35.5. The van der Waals surface area contributed by atoms with Crippen LogP contribution in [0.15, 0.2) is 42.7 Å². The fourth-order valence-electron chi connectivity index (χ4n) is 5.05. The molecule has 2 N–H and O–H groups in total. The average molecular weight is 539 g/mol. The van der Waals surface area contributed by atoms with Crippen LogP contribution in [-0.4, -0.2) is 61.6 Å².